The Kier molecular flexibility index (Phi) is 3.99. The van der Waals surface area contributed by atoms with Crippen molar-refractivity contribution < 1.29 is 23.9 Å². The topological polar surface area (TPSA) is 77.9 Å². The molecule has 0 radical (unpaired) electrons. The highest BCUT2D eigenvalue weighted by Gasteiger charge is 2.59. The van der Waals surface area contributed by atoms with Crippen molar-refractivity contribution in [3.05, 3.63) is 34.6 Å². The highest BCUT2D eigenvalue weighted by atomic mass is 35.5. The summed E-state index contributed by atoms with van der Waals surface area (Å²) in [5, 5.41) is 9.85. The van der Waals surface area contributed by atoms with Gasteiger partial charge in [0.15, 0.2) is 0 Å². The SMILES string of the molecule is CC(=O)N1C[C@H]2CN(C(=O)c3ccc(Cl)cc3F)C[C@@]2(C(=O)O)C1. The summed E-state index contributed by atoms with van der Waals surface area (Å²) in [6, 6.07) is 3.76. The Morgan fingerprint density at radius 1 is 1.25 bits per heavy atom. The molecule has 1 N–H and O–H groups in total. The molecule has 128 valence electrons. The number of fused-ring (bicyclic) bond motifs is 1. The second-order valence-corrected chi connectivity index (χ2v) is 6.80. The number of rotatable bonds is 2. The quantitative estimate of drug-likeness (QED) is 0.872. The molecule has 2 atom stereocenters. The number of hydrogen-bond donors (Lipinski definition) is 1. The average Bonchev–Trinajstić information content (AvgIpc) is 3.01. The van der Waals surface area contributed by atoms with Crippen LogP contribution in [0.15, 0.2) is 18.2 Å². The van der Waals surface area contributed by atoms with Gasteiger partial charge in [0.05, 0.1) is 5.56 Å². The first-order valence-electron chi connectivity index (χ1n) is 7.48. The molecule has 0 aliphatic carbocycles. The van der Waals surface area contributed by atoms with Gasteiger partial charge in [0.1, 0.15) is 11.2 Å². The molecule has 0 spiro atoms. The summed E-state index contributed by atoms with van der Waals surface area (Å²) in [6.07, 6.45) is 0. The molecule has 1 aromatic rings. The first-order chi connectivity index (χ1) is 11.2. The minimum absolute atomic E-state index is 0.0440. The molecule has 0 unspecified atom stereocenters. The number of benzene rings is 1. The van der Waals surface area contributed by atoms with E-state index < -0.39 is 23.1 Å². The molecule has 1 aromatic carbocycles. The predicted molar refractivity (Wildman–Crippen MR) is 83.1 cm³/mol. The van der Waals surface area contributed by atoms with Crippen molar-refractivity contribution in [1.29, 1.82) is 0 Å². The molecule has 2 fully saturated rings. The van der Waals surface area contributed by atoms with E-state index in [9.17, 15) is 23.9 Å². The highest BCUT2D eigenvalue weighted by Crippen LogP contribution is 2.43. The number of hydrogen-bond acceptors (Lipinski definition) is 3. The number of amides is 2. The zero-order valence-electron chi connectivity index (χ0n) is 13.0. The fourth-order valence-corrected chi connectivity index (χ4v) is 3.75. The van der Waals surface area contributed by atoms with Crippen LogP contribution < -0.4 is 0 Å². The molecular formula is C16H16ClFN2O4. The van der Waals surface area contributed by atoms with Gasteiger partial charge < -0.3 is 14.9 Å². The van der Waals surface area contributed by atoms with E-state index in [0.29, 0.717) is 0 Å². The van der Waals surface area contributed by atoms with Crippen molar-refractivity contribution in [1.82, 2.24) is 9.80 Å². The maximum absolute atomic E-state index is 14.0. The van der Waals surface area contributed by atoms with Crippen molar-refractivity contribution in [3.63, 3.8) is 0 Å². The molecule has 6 nitrogen and oxygen atoms in total. The molecule has 24 heavy (non-hydrogen) atoms. The van der Waals surface area contributed by atoms with E-state index in [2.05, 4.69) is 0 Å². The Bertz CT molecular complexity index is 741. The van der Waals surface area contributed by atoms with Gasteiger partial charge in [0.25, 0.3) is 5.91 Å². The van der Waals surface area contributed by atoms with Crippen LogP contribution in [-0.2, 0) is 9.59 Å². The summed E-state index contributed by atoms with van der Waals surface area (Å²) in [6.45, 7) is 1.88. The smallest absolute Gasteiger partial charge is 0.313 e. The number of carboxylic acid groups (broad SMARTS) is 1. The summed E-state index contributed by atoms with van der Waals surface area (Å²) in [5.41, 5.74) is -1.33. The number of carbonyl (C=O) groups excluding carboxylic acids is 2. The maximum Gasteiger partial charge on any atom is 0.313 e. The predicted octanol–water partition coefficient (Wildman–Crippen LogP) is 1.48. The van der Waals surface area contributed by atoms with Crippen LogP contribution in [0.2, 0.25) is 5.02 Å². The van der Waals surface area contributed by atoms with E-state index in [0.717, 1.165) is 6.07 Å². The van der Waals surface area contributed by atoms with Crippen LogP contribution in [0.5, 0.6) is 0 Å². The lowest BCUT2D eigenvalue weighted by Gasteiger charge is -2.25. The van der Waals surface area contributed by atoms with Gasteiger partial charge in [-0.05, 0) is 18.2 Å². The van der Waals surface area contributed by atoms with Crippen molar-refractivity contribution in [2.75, 3.05) is 26.2 Å². The average molecular weight is 355 g/mol. The van der Waals surface area contributed by atoms with E-state index >= 15 is 0 Å². The Labute approximate surface area is 142 Å². The van der Waals surface area contributed by atoms with Gasteiger partial charge in [-0.25, -0.2) is 4.39 Å². The number of halogens is 2. The van der Waals surface area contributed by atoms with Crippen LogP contribution in [0.25, 0.3) is 0 Å². The highest BCUT2D eigenvalue weighted by molar-refractivity contribution is 6.30. The Hall–Kier alpha value is -2.15. The Balaban J connectivity index is 1.85. The lowest BCUT2D eigenvalue weighted by molar-refractivity contribution is -0.149. The molecule has 2 aliphatic rings. The maximum atomic E-state index is 14.0. The van der Waals surface area contributed by atoms with Crippen LogP contribution in [0, 0.1) is 17.2 Å². The lowest BCUT2D eigenvalue weighted by atomic mass is 9.81. The third kappa shape index (κ3) is 2.53. The third-order valence-electron chi connectivity index (χ3n) is 4.93. The number of carbonyl (C=O) groups is 3. The minimum Gasteiger partial charge on any atom is -0.481 e. The normalized spacial score (nSPS) is 25.7. The zero-order valence-corrected chi connectivity index (χ0v) is 13.7. The van der Waals surface area contributed by atoms with Gasteiger partial charge in [0.2, 0.25) is 5.91 Å². The van der Waals surface area contributed by atoms with Crippen LogP contribution in [0.4, 0.5) is 4.39 Å². The first kappa shape index (κ1) is 16.7. The fourth-order valence-electron chi connectivity index (χ4n) is 3.60. The molecule has 0 saturated carbocycles. The van der Waals surface area contributed by atoms with E-state index in [1.165, 1.54) is 28.9 Å². The third-order valence-corrected chi connectivity index (χ3v) is 5.16. The Morgan fingerprint density at radius 2 is 1.88 bits per heavy atom. The lowest BCUT2D eigenvalue weighted by Crippen LogP contribution is -2.42. The second-order valence-electron chi connectivity index (χ2n) is 6.37. The summed E-state index contributed by atoms with van der Waals surface area (Å²) >= 11 is 5.69. The van der Waals surface area contributed by atoms with Crippen molar-refractivity contribution in [2.45, 2.75) is 6.92 Å². The molecule has 2 amide bonds. The first-order valence-corrected chi connectivity index (χ1v) is 7.85. The zero-order chi connectivity index (χ0) is 17.6. The van der Waals surface area contributed by atoms with Crippen molar-refractivity contribution in [3.8, 4) is 0 Å². The van der Waals surface area contributed by atoms with Gasteiger partial charge in [-0.1, -0.05) is 11.6 Å². The van der Waals surface area contributed by atoms with Gasteiger partial charge >= 0.3 is 5.97 Å². The molecule has 2 heterocycles. The molecule has 2 saturated heterocycles. The molecule has 3 rings (SSSR count). The van der Waals surface area contributed by atoms with Crippen molar-refractivity contribution >= 4 is 29.4 Å². The van der Waals surface area contributed by atoms with Crippen LogP contribution in [0.1, 0.15) is 17.3 Å². The second kappa shape index (κ2) is 5.73. The summed E-state index contributed by atoms with van der Waals surface area (Å²) in [5.74, 6) is -2.89. The van der Waals surface area contributed by atoms with Gasteiger partial charge in [0, 0.05) is 44.0 Å². The van der Waals surface area contributed by atoms with Crippen LogP contribution >= 0.6 is 11.6 Å². The van der Waals surface area contributed by atoms with E-state index in [4.69, 9.17) is 11.6 Å². The minimum atomic E-state index is -1.19. The summed E-state index contributed by atoms with van der Waals surface area (Å²) in [4.78, 5) is 38.8. The summed E-state index contributed by atoms with van der Waals surface area (Å²) < 4.78 is 14.0. The number of carboxylic acids is 1. The van der Waals surface area contributed by atoms with Gasteiger partial charge in [-0.15, -0.1) is 0 Å². The number of nitrogens with zero attached hydrogens (tertiary/aromatic N) is 2. The fraction of sp³-hybridized carbons (Fsp3) is 0.438. The molecule has 2 aliphatic heterocycles. The molecule has 8 heteroatoms. The van der Waals surface area contributed by atoms with E-state index in [-0.39, 0.29) is 48.6 Å². The van der Waals surface area contributed by atoms with Crippen molar-refractivity contribution in [2.24, 2.45) is 11.3 Å². The largest absolute Gasteiger partial charge is 0.481 e. The Morgan fingerprint density at radius 3 is 2.42 bits per heavy atom. The van der Waals surface area contributed by atoms with Crippen LogP contribution in [-0.4, -0.2) is 58.9 Å². The summed E-state index contributed by atoms with van der Waals surface area (Å²) in [7, 11) is 0. The number of aliphatic carboxylic acids is 1. The monoisotopic (exact) mass is 354 g/mol. The molecule has 0 aromatic heterocycles. The number of likely N-dealkylation sites (tertiary alicyclic amines) is 2. The molecular weight excluding hydrogens is 339 g/mol. The van der Waals surface area contributed by atoms with Gasteiger partial charge in [-0.2, -0.15) is 0 Å². The standard InChI is InChI=1S/C16H16ClFN2O4/c1-9(21)19-5-10-6-20(8-16(10,7-19)15(23)24)14(22)12-3-2-11(17)4-13(12)18/h2-4,10H,5-8H2,1H3,(H,23,24)/t10-,16-/m0/s1. The van der Waals surface area contributed by atoms with Gasteiger partial charge in [-0.3, -0.25) is 14.4 Å². The van der Waals surface area contributed by atoms with E-state index in [1.807, 2.05) is 0 Å². The van der Waals surface area contributed by atoms with Crippen LogP contribution in [0.3, 0.4) is 0 Å². The molecule has 0 bridgehead atoms. The van der Waals surface area contributed by atoms with E-state index in [1.54, 1.807) is 0 Å².